The number of carbonyl (C=O) groups excluding carboxylic acids is 2. The average Bonchev–Trinajstić information content (AvgIpc) is 3.24. The number of nitrogens with zero attached hydrogens (tertiary/aromatic N) is 2. The van der Waals surface area contributed by atoms with Gasteiger partial charge in [0.15, 0.2) is 11.8 Å². The van der Waals surface area contributed by atoms with E-state index in [9.17, 15) is 9.59 Å². The van der Waals surface area contributed by atoms with Crippen LogP contribution in [0, 0.1) is 0 Å². The van der Waals surface area contributed by atoms with Gasteiger partial charge >= 0.3 is 5.97 Å². The third-order valence-corrected chi connectivity index (χ3v) is 5.04. The minimum Gasteiger partial charge on any atom is -0.448 e. The molecule has 6 nitrogen and oxygen atoms in total. The van der Waals surface area contributed by atoms with E-state index in [0.717, 1.165) is 16.6 Å². The Bertz CT molecular complexity index is 1130. The number of rotatable bonds is 7. The van der Waals surface area contributed by atoms with Crippen LogP contribution in [0.5, 0.6) is 0 Å². The van der Waals surface area contributed by atoms with Gasteiger partial charge in [0.05, 0.1) is 5.52 Å². The van der Waals surface area contributed by atoms with E-state index in [1.807, 2.05) is 78.9 Å². The first-order valence-corrected chi connectivity index (χ1v) is 10.1. The fraction of sp³-hybridized carbons (Fsp3) is 0.160. The molecule has 0 aliphatic heterocycles. The topological polar surface area (TPSA) is 75.3 Å². The molecule has 0 fully saturated rings. The molecule has 0 saturated heterocycles. The van der Waals surface area contributed by atoms with Gasteiger partial charge in [-0.15, -0.1) is 0 Å². The van der Waals surface area contributed by atoms with E-state index in [-0.39, 0.29) is 11.6 Å². The molecule has 0 aliphatic carbocycles. The second-order valence-electron chi connectivity index (χ2n) is 7.33. The van der Waals surface area contributed by atoms with E-state index in [4.69, 9.17) is 4.74 Å². The number of H-pyrrole nitrogens is 1. The van der Waals surface area contributed by atoms with Crippen molar-refractivity contribution in [2.75, 3.05) is 0 Å². The molecule has 0 radical (unpaired) electrons. The SMILES string of the molecule is C[C@H](OC(=O)c1n[nH]c2ccccc12)C(=O)N(Cc1ccccc1)Cc1ccccc1. The van der Waals surface area contributed by atoms with Gasteiger partial charge in [-0.25, -0.2) is 4.79 Å². The highest BCUT2D eigenvalue weighted by Gasteiger charge is 2.26. The molecule has 4 aromatic rings. The van der Waals surface area contributed by atoms with Crippen LogP contribution in [-0.2, 0) is 22.6 Å². The van der Waals surface area contributed by atoms with Gasteiger partial charge in [-0.2, -0.15) is 5.10 Å². The predicted molar refractivity (Wildman–Crippen MR) is 118 cm³/mol. The van der Waals surface area contributed by atoms with Crippen molar-refractivity contribution in [2.45, 2.75) is 26.1 Å². The lowest BCUT2D eigenvalue weighted by molar-refractivity contribution is -0.141. The Labute approximate surface area is 180 Å². The molecular weight excluding hydrogens is 390 g/mol. The van der Waals surface area contributed by atoms with Crippen LogP contribution in [0.4, 0.5) is 0 Å². The van der Waals surface area contributed by atoms with Crippen LogP contribution in [0.2, 0.25) is 0 Å². The Morgan fingerprint density at radius 3 is 2.03 bits per heavy atom. The molecule has 0 bridgehead atoms. The van der Waals surface area contributed by atoms with Gasteiger partial charge in [-0.3, -0.25) is 9.89 Å². The number of hydrogen-bond acceptors (Lipinski definition) is 4. The van der Waals surface area contributed by atoms with E-state index in [0.29, 0.717) is 18.5 Å². The van der Waals surface area contributed by atoms with Gasteiger partial charge in [0.25, 0.3) is 5.91 Å². The number of para-hydroxylation sites is 1. The van der Waals surface area contributed by atoms with Crippen LogP contribution in [0.3, 0.4) is 0 Å². The molecule has 1 heterocycles. The summed E-state index contributed by atoms with van der Waals surface area (Å²) in [4.78, 5) is 27.6. The maximum Gasteiger partial charge on any atom is 0.360 e. The van der Waals surface area contributed by atoms with Crippen molar-refractivity contribution < 1.29 is 14.3 Å². The number of benzene rings is 3. The van der Waals surface area contributed by atoms with Crippen LogP contribution < -0.4 is 0 Å². The summed E-state index contributed by atoms with van der Waals surface area (Å²) in [7, 11) is 0. The lowest BCUT2D eigenvalue weighted by Crippen LogP contribution is -2.39. The van der Waals surface area contributed by atoms with E-state index in [1.165, 1.54) is 0 Å². The lowest BCUT2D eigenvalue weighted by atomic mass is 10.1. The zero-order valence-electron chi connectivity index (χ0n) is 17.2. The van der Waals surface area contributed by atoms with E-state index >= 15 is 0 Å². The standard InChI is InChI=1S/C25H23N3O3/c1-18(31-25(30)23-21-14-8-9-15-22(21)26-27-23)24(29)28(16-19-10-4-2-5-11-19)17-20-12-6-3-7-13-20/h2-15,18H,16-17H2,1H3,(H,26,27)/t18-/m0/s1. The first-order chi connectivity index (χ1) is 15.1. The fourth-order valence-corrected chi connectivity index (χ4v) is 3.46. The normalized spacial score (nSPS) is 11.8. The molecule has 3 aromatic carbocycles. The second-order valence-corrected chi connectivity index (χ2v) is 7.33. The Hall–Kier alpha value is -3.93. The van der Waals surface area contributed by atoms with Crippen molar-refractivity contribution in [3.8, 4) is 0 Å². The minimum absolute atomic E-state index is 0.174. The number of esters is 1. The summed E-state index contributed by atoms with van der Waals surface area (Å²) in [6.45, 7) is 2.43. The molecule has 1 aromatic heterocycles. The third kappa shape index (κ3) is 4.80. The molecule has 1 N–H and O–H groups in total. The van der Waals surface area contributed by atoms with Crippen molar-refractivity contribution in [2.24, 2.45) is 0 Å². The first-order valence-electron chi connectivity index (χ1n) is 10.1. The van der Waals surface area contributed by atoms with Crippen molar-refractivity contribution in [3.63, 3.8) is 0 Å². The Morgan fingerprint density at radius 1 is 0.871 bits per heavy atom. The summed E-state index contributed by atoms with van der Waals surface area (Å²) >= 11 is 0. The minimum atomic E-state index is -0.949. The van der Waals surface area contributed by atoms with Crippen LogP contribution >= 0.6 is 0 Å². The highest BCUT2D eigenvalue weighted by molar-refractivity contribution is 6.02. The van der Waals surface area contributed by atoms with Gasteiger partial charge in [-0.1, -0.05) is 78.9 Å². The van der Waals surface area contributed by atoms with Crippen molar-refractivity contribution in [3.05, 3.63) is 102 Å². The fourth-order valence-electron chi connectivity index (χ4n) is 3.46. The van der Waals surface area contributed by atoms with Gasteiger partial charge in [0.2, 0.25) is 0 Å². The van der Waals surface area contributed by atoms with Gasteiger partial charge in [0.1, 0.15) is 0 Å². The lowest BCUT2D eigenvalue weighted by Gasteiger charge is -2.26. The molecule has 0 saturated carbocycles. The van der Waals surface area contributed by atoms with E-state index in [1.54, 1.807) is 17.9 Å². The molecule has 1 amide bonds. The molecule has 1 atom stereocenters. The average molecular weight is 413 g/mol. The molecule has 0 spiro atoms. The highest BCUT2D eigenvalue weighted by atomic mass is 16.5. The van der Waals surface area contributed by atoms with Gasteiger partial charge in [-0.05, 0) is 24.1 Å². The van der Waals surface area contributed by atoms with E-state index < -0.39 is 12.1 Å². The molecule has 156 valence electrons. The summed E-state index contributed by atoms with van der Waals surface area (Å²) in [6.07, 6.45) is -0.949. The largest absolute Gasteiger partial charge is 0.448 e. The summed E-state index contributed by atoms with van der Waals surface area (Å²) in [6, 6.07) is 26.8. The summed E-state index contributed by atoms with van der Waals surface area (Å²) in [5.41, 5.74) is 2.92. The summed E-state index contributed by atoms with van der Waals surface area (Å²) in [5, 5.41) is 7.54. The molecule has 0 unspecified atom stereocenters. The smallest absolute Gasteiger partial charge is 0.360 e. The molecule has 0 aliphatic rings. The maximum atomic E-state index is 13.2. The number of nitrogens with one attached hydrogen (secondary N) is 1. The van der Waals surface area contributed by atoms with Crippen molar-refractivity contribution in [1.29, 1.82) is 0 Å². The maximum absolute atomic E-state index is 13.2. The Balaban J connectivity index is 1.51. The zero-order chi connectivity index (χ0) is 21.6. The summed E-state index contributed by atoms with van der Waals surface area (Å²) in [5.74, 6) is -0.890. The number of ether oxygens (including phenoxy) is 1. The van der Waals surface area contributed by atoms with Crippen molar-refractivity contribution in [1.82, 2.24) is 15.1 Å². The number of aromatic nitrogens is 2. The zero-order valence-corrected chi connectivity index (χ0v) is 17.2. The number of aromatic amines is 1. The van der Waals surface area contributed by atoms with Crippen LogP contribution in [0.1, 0.15) is 28.5 Å². The quantitative estimate of drug-likeness (QED) is 0.458. The van der Waals surface area contributed by atoms with Crippen LogP contribution in [-0.4, -0.2) is 33.1 Å². The van der Waals surface area contributed by atoms with E-state index in [2.05, 4.69) is 10.2 Å². The summed E-state index contributed by atoms with van der Waals surface area (Å²) < 4.78 is 5.51. The Kier molecular flexibility index (Phi) is 6.08. The molecule has 4 rings (SSSR count). The number of carbonyl (C=O) groups is 2. The number of amides is 1. The predicted octanol–water partition coefficient (Wildman–Crippen LogP) is 4.34. The van der Waals surface area contributed by atoms with Crippen LogP contribution in [0.25, 0.3) is 10.9 Å². The molecular formula is C25H23N3O3. The first kappa shape index (κ1) is 20.3. The Morgan fingerprint density at radius 2 is 1.42 bits per heavy atom. The monoisotopic (exact) mass is 413 g/mol. The number of hydrogen-bond donors (Lipinski definition) is 1. The van der Waals surface area contributed by atoms with Crippen LogP contribution in [0.15, 0.2) is 84.9 Å². The van der Waals surface area contributed by atoms with Crippen molar-refractivity contribution >= 4 is 22.8 Å². The van der Waals surface area contributed by atoms with Gasteiger partial charge < -0.3 is 9.64 Å². The third-order valence-electron chi connectivity index (χ3n) is 5.04. The second kappa shape index (κ2) is 9.26. The molecule has 6 heteroatoms. The highest BCUT2D eigenvalue weighted by Crippen LogP contribution is 2.18. The number of fused-ring (bicyclic) bond motifs is 1. The van der Waals surface area contributed by atoms with Gasteiger partial charge in [0, 0.05) is 18.5 Å². The molecule has 31 heavy (non-hydrogen) atoms.